The van der Waals surface area contributed by atoms with Crippen LogP contribution in [0.1, 0.15) is 0 Å². The molecule has 0 amide bonds. The Labute approximate surface area is 107 Å². The van der Waals surface area contributed by atoms with E-state index in [4.69, 9.17) is 11.6 Å². The first-order chi connectivity index (χ1) is 8.16. The quantitative estimate of drug-likeness (QED) is 0.626. The molecule has 0 saturated carbocycles. The first-order valence-corrected chi connectivity index (χ1v) is 5.89. The molecule has 0 saturated heterocycles. The van der Waals surface area contributed by atoms with Gasteiger partial charge in [0, 0.05) is 12.3 Å². The molecule has 0 radical (unpaired) electrons. The zero-order valence-electron chi connectivity index (χ0n) is 8.54. The summed E-state index contributed by atoms with van der Waals surface area (Å²) < 4.78 is 0. The van der Waals surface area contributed by atoms with Gasteiger partial charge in [0.2, 0.25) is 0 Å². The molecule has 0 atom stereocenters. The van der Waals surface area contributed by atoms with Crippen molar-refractivity contribution in [3.63, 3.8) is 0 Å². The summed E-state index contributed by atoms with van der Waals surface area (Å²) >= 11 is 6.96. The Hall–Kier alpha value is -1.59. The maximum absolute atomic E-state index is 10.8. The molecule has 2 rings (SSSR count). The standard InChI is InChI=1S/C11H7ClN2O2S/c12-8-5-6-11(13-7-8)17-10-4-2-1-3-9(10)14(15)16/h1-7H. The minimum absolute atomic E-state index is 0.0780. The van der Waals surface area contributed by atoms with Gasteiger partial charge in [-0.1, -0.05) is 35.5 Å². The van der Waals surface area contributed by atoms with Crippen LogP contribution in [0.25, 0.3) is 0 Å². The number of halogens is 1. The SMILES string of the molecule is O=[N+]([O-])c1ccccc1Sc1ccc(Cl)cn1. The van der Waals surface area contributed by atoms with Crippen molar-refractivity contribution >= 4 is 29.1 Å². The molecule has 0 fully saturated rings. The van der Waals surface area contributed by atoms with Gasteiger partial charge in [0.1, 0.15) is 5.03 Å². The molecule has 17 heavy (non-hydrogen) atoms. The Morgan fingerprint density at radius 2 is 2.00 bits per heavy atom. The van der Waals surface area contributed by atoms with E-state index in [0.29, 0.717) is 14.9 Å². The molecule has 1 heterocycles. The lowest BCUT2D eigenvalue weighted by Gasteiger charge is -2.01. The van der Waals surface area contributed by atoms with E-state index in [1.165, 1.54) is 24.0 Å². The number of nitrogens with zero attached hydrogens (tertiary/aromatic N) is 2. The van der Waals surface area contributed by atoms with Gasteiger partial charge >= 0.3 is 0 Å². The van der Waals surface area contributed by atoms with Gasteiger partial charge in [-0.3, -0.25) is 10.1 Å². The number of para-hydroxylation sites is 1. The molecule has 1 aromatic carbocycles. The molecule has 2 aromatic rings. The van der Waals surface area contributed by atoms with Crippen molar-refractivity contribution in [1.29, 1.82) is 0 Å². The van der Waals surface area contributed by atoms with Crippen LogP contribution in [0, 0.1) is 10.1 Å². The van der Waals surface area contributed by atoms with Crippen molar-refractivity contribution in [2.75, 3.05) is 0 Å². The van der Waals surface area contributed by atoms with Crippen LogP contribution < -0.4 is 0 Å². The van der Waals surface area contributed by atoms with Gasteiger partial charge in [-0.15, -0.1) is 0 Å². The summed E-state index contributed by atoms with van der Waals surface area (Å²) in [4.78, 5) is 15.1. The van der Waals surface area contributed by atoms with Crippen molar-refractivity contribution in [1.82, 2.24) is 4.98 Å². The number of nitro benzene ring substituents is 1. The number of hydrogen-bond acceptors (Lipinski definition) is 4. The number of nitro groups is 1. The predicted octanol–water partition coefficient (Wildman–Crippen LogP) is 3.79. The van der Waals surface area contributed by atoms with Crippen LogP contribution in [-0.2, 0) is 0 Å². The third kappa shape index (κ3) is 2.95. The van der Waals surface area contributed by atoms with E-state index in [2.05, 4.69) is 4.98 Å². The molecule has 4 nitrogen and oxygen atoms in total. The van der Waals surface area contributed by atoms with Gasteiger partial charge in [-0.2, -0.15) is 0 Å². The van der Waals surface area contributed by atoms with Gasteiger partial charge in [0.15, 0.2) is 0 Å². The summed E-state index contributed by atoms with van der Waals surface area (Å²) in [7, 11) is 0. The van der Waals surface area contributed by atoms with Crippen molar-refractivity contribution in [2.45, 2.75) is 9.92 Å². The van der Waals surface area contributed by atoms with E-state index in [0.717, 1.165) is 0 Å². The fourth-order valence-corrected chi connectivity index (χ4v) is 2.20. The van der Waals surface area contributed by atoms with E-state index in [-0.39, 0.29) is 5.69 Å². The molecular weight excluding hydrogens is 260 g/mol. The molecule has 6 heteroatoms. The monoisotopic (exact) mass is 266 g/mol. The first kappa shape index (κ1) is 11.9. The van der Waals surface area contributed by atoms with Crippen molar-refractivity contribution in [3.05, 3.63) is 57.7 Å². The Morgan fingerprint density at radius 1 is 1.24 bits per heavy atom. The summed E-state index contributed by atoms with van der Waals surface area (Å²) in [6.45, 7) is 0. The van der Waals surface area contributed by atoms with Crippen LogP contribution in [0.4, 0.5) is 5.69 Å². The molecule has 86 valence electrons. The number of rotatable bonds is 3. The highest BCUT2D eigenvalue weighted by Gasteiger charge is 2.13. The molecule has 0 aliphatic rings. The summed E-state index contributed by atoms with van der Waals surface area (Å²) in [5, 5.41) is 12.0. The van der Waals surface area contributed by atoms with E-state index in [1.54, 1.807) is 30.3 Å². The molecule has 0 aliphatic carbocycles. The molecule has 1 aromatic heterocycles. The minimum Gasteiger partial charge on any atom is -0.258 e. The van der Waals surface area contributed by atoms with Crippen LogP contribution in [0.3, 0.4) is 0 Å². The van der Waals surface area contributed by atoms with Crippen LogP contribution in [0.2, 0.25) is 5.02 Å². The average molecular weight is 267 g/mol. The Balaban J connectivity index is 2.30. The zero-order chi connectivity index (χ0) is 12.3. The summed E-state index contributed by atoms with van der Waals surface area (Å²) in [6, 6.07) is 9.98. The second kappa shape index (κ2) is 5.16. The average Bonchev–Trinajstić information content (AvgIpc) is 2.32. The maximum atomic E-state index is 10.8. The van der Waals surface area contributed by atoms with Crippen molar-refractivity contribution in [3.8, 4) is 0 Å². The maximum Gasteiger partial charge on any atom is 0.283 e. The lowest BCUT2D eigenvalue weighted by molar-refractivity contribution is -0.387. The van der Waals surface area contributed by atoms with Crippen LogP contribution in [-0.4, -0.2) is 9.91 Å². The normalized spacial score (nSPS) is 10.2. The smallest absolute Gasteiger partial charge is 0.258 e. The Kier molecular flexibility index (Phi) is 3.61. The third-order valence-corrected chi connectivity index (χ3v) is 3.22. The molecule has 0 unspecified atom stereocenters. The second-order valence-electron chi connectivity index (χ2n) is 3.14. The largest absolute Gasteiger partial charge is 0.283 e. The highest BCUT2D eigenvalue weighted by Crippen LogP contribution is 2.33. The lowest BCUT2D eigenvalue weighted by Crippen LogP contribution is -1.90. The van der Waals surface area contributed by atoms with Crippen LogP contribution in [0.15, 0.2) is 52.5 Å². The van der Waals surface area contributed by atoms with Gasteiger partial charge in [0.05, 0.1) is 14.8 Å². The van der Waals surface area contributed by atoms with Gasteiger partial charge in [-0.05, 0) is 18.2 Å². The fraction of sp³-hybridized carbons (Fsp3) is 0. The van der Waals surface area contributed by atoms with Crippen molar-refractivity contribution < 1.29 is 4.92 Å². The Bertz CT molecular complexity index is 545. The highest BCUT2D eigenvalue weighted by atomic mass is 35.5. The van der Waals surface area contributed by atoms with Gasteiger partial charge in [0.25, 0.3) is 5.69 Å². The molecule has 0 spiro atoms. The number of benzene rings is 1. The van der Waals surface area contributed by atoms with Gasteiger partial charge < -0.3 is 0 Å². The predicted molar refractivity (Wildman–Crippen MR) is 66.5 cm³/mol. The highest BCUT2D eigenvalue weighted by molar-refractivity contribution is 7.99. The number of hydrogen-bond donors (Lipinski definition) is 0. The van der Waals surface area contributed by atoms with E-state index >= 15 is 0 Å². The Morgan fingerprint density at radius 3 is 2.65 bits per heavy atom. The summed E-state index contributed by atoms with van der Waals surface area (Å²) in [5.74, 6) is 0. The summed E-state index contributed by atoms with van der Waals surface area (Å²) in [5.41, 5.74) is 0.0780. The van der Waals surface area contributed by atoms with E-state index in [9.17, 15) is 10.1 Å². The molecule has 0 bridgehead atoms. The van der Waals surface area contributed by atoms with Crippen LogP contribution >= 0.6 is 23.4 Å². The second-order valence-corrected chi connectivity index (χ2v) is 4.64. The van der Waals surface area contributed by atoms with E-state index in [1.807, 2.05) is 0 Å². The van der Waals surface area contributed by atoms with Gasteiger partial charge in [-0.25, -0.2) is 4.98 Å². The number of aromatic nitrogens is 1. The topological polar surface area (TPSA) is 56.0 Å². The minimum atomic E-state index is -0.405. The first-order valence-electron chi connectivity index (χ1n) is 4.69. The lowest BCUT2D eigenvalue weighted by atomic mass is 10.3. The van der Waals surface area contributed by atoms with Crippen LogP contribution in [0.5, 0.6) is 0 Å². The fourth-order valence-electron chi connectivity index (χ4n) is 1.23. The summed E-state index contributed by atoms with van der Waals surface area (Å²) in [6.07, 6.45) is 1.51. The van der Waals surface area contributed by atoms with Crippen molar-refractivity contribution in [2.24, 2.45) is 0 Å². The zero-order valence-corrected chi connectivity index (χ0v) is 10.1. The third-order valence-electron chi connectivity index (χ3n) is 1.98. The molecular formula is C11H7ClN2O2S. The number of pyridine rings is 1. The molecule has 0 N–H and O–H groups in total. The molecule has 0 aliphatic heterocycles. The van der Waals surface area contributed by atoms with E-state index < -0.39 is 4.92 Å².